The highest BCUT2D eigenvalue weighted by Crippen LogP contribution is 1.94. The molecule has 3 amide bonds. The molecular weight excluding hydrogens is 230 g/mol. The van der Waals surface area contributed by atoms with Crippen LogP contribution in [-0.4, -0.2) is 61.3 Å². The lowest BCUT2D eigenvalue weighted by atomic mass is 10.3. The zero-order chi connectivity index (χ0) is 12.6. The summed E-state index contributed by atoms with van der Waals surface area (Å²) >= 11 is 5.30. The predicted molar refractivity (Wildman–Crippen MR) is 64.7 cm³/mol. The molecule has 0 aromatic heterocycles. The van der Waals surface area contributed by atoms with Crippen LogP contribution in [0.2, 0.25) is 0 Å². The summed E-state index contributed by atoms with van der Waals surface area (Å²) in [6, 6.07) is -0.369. The van der Waals surface area contributed by atoms with Crippen molar-refractivity contribution in [3.8, 4) is 0 Å². The molecule has 0 saturated carbocycles. The van der Waals surface area contributed by atoms with Crippen molar-refractivity contribution < 1.29 is 9.59 Å². The molecule has 0 unspecified atom stereocenters. The number of imide groups is 1. The Morgan fingerprint density at radius 3 is 2.31 bits per heavy atom. The number of rotatable bonds is 6. The van der Waals surface area contributed by atoms with E-state index < -0.39 is 5.91 Å². The molecule has 5 nitrogen and oxygen atoms in total. The quantitative estimate of drug-likeness (QED) is 0.707. The molecule has 6 heteroatoms. The number of amides is 3. The third kappa shape index (κ3) is 6.63. The Morgan fingerprint density at radius 2 is 1.88 bits per heavy atom. The molecule has 0 spiro atoms. The second-order valence-electron chi connectivity index (χ2n) is 3.72. The van der Waals surface area contributed by atoms with Crippen LogP contribution < -0.4 is 5.32 Å². The minimum atomic E-state index is -0.460. The van der Waals surface area contributed by atoms with Gasteiger partial charge in [0, 0.05) is 13.1 Å². The summed E-state index contributed by atoms with van der Waals surface area (Å²) in [7, 11) is 3.96. The smallest absolute Gasteiger partial charge is 0.324 e. The van der Waals surface area contributed by atoms with Gasteiger partial charge in [0.2, 0.25) is 5.91 Å². The highest BCUT2D eigenvalue weighted by Gasteiger charge is 2.13. The van der Waals surface area contributed by atoms with Crippen molar-refractivity contribution in [2.75, 3.05) is 39.6 Å². The van der Waals surface area contributed by atoms with E-state index in [1.165, 1.54) is 0 Å². The lowest BCUT2D eigenvalue weighted by molar-refractivity contribution is -0.117. The Hall–Kier alpha value is -0.810. The molecule has 0 atom stereocenters. The Kier molecular flexibility index (Phi) is 7.93. The normalized spacial score (nSPS) is 10.3. The Bertz CT molecular complexity index is 234. The van der Waals surface area contributed by atoms with Gasteiger partial charge in [-0.05, 0) is 34.0 Å². The first-order valence-electron chi connectivity index (χ1n) is 5.30. The van der Waals surface area contributed by atoms with Gasteiger partial charge in [0.1, 0.15) is 5.88 Å². The van der Waals surface area contributed by atoms with Crippen LogP contribution in [0.25, 0.3) is 0 Å². The number of alkyl halides is 1. The van der Waals surface area contributed by atoms with Gasteiger partial charge < -0.3 is 9.80 Å². The maximum absolute atomic E-state index is 11.5. The van der Waals surface area contributed by atoms with Gasteiger partial charge >= 0.3 is 6.03 Å². The lowest BCUT2D eigenvalue weighted by Gasteiger charge is -2.21. The Labute approximate surface area is 102 Å². The fourth-order valence-corrected chi connectivity index (χ4v) is 1.28. The average Bonchev–Trinajstić information content (AvgIpc) is 2.23. The summed E-state index contributed by atoms with van der Waals surface area (Å²) in [6.07, 6.45) is 0.878. The SMILES string of the molecule is CCN(CCCN(C)C)C(=O)NC(=O)CCl. The van der Waals surface area contributed by atoms with Crippen LogP contribution in [-0.2, 0) is 4.79 Å². The van der Waals surface area contributed by atoms with Crippen molar-refractivity contribution in [2.24, 2.45) is 0 Å². The van der Waals surface area contributed by atoms with Gasteiger partial charge in [-0.1, -0.05) is 0 Å². The van der Waals surface area contributed by atoms with Gasteiger partial charge in [0.05, 0.1) is 0 Å². The fourth-order valence-electron chi connectivity index (χ4n) is 1.21. The monoisotopic (exact) mass is 249 g/mol. The molecular formula is C10H20ClN3O2. The number of hydrogen-bond acceptors (Lipinski definition) is 3. The molecule has 0 heterocycles. The largest absolute Gasteiger partial charge is 0.325 e. The second-order valence-corrected chi connectivity index (χ2v) is 3.99. The number of hydrogen-bond donors (Lipinski definition) is 1. The van der Waals surface area contributed by atoms with E-state index in [4.69, 9.17) is 11.6 Å². The Morgan fingerprint density at radius 1 is 1.25 bits per heavy atom. The molecule has 0 saturated heterocycles. The van der Waals surface area contributed by atoms with Crippen molar-refractivity contribution >= 4 is 23.5 Å². The summed E-state index contributed by atoms with van der Waals surface area (Å²) < 4.78 is 0. The molecule has 0 aromatic rings. The molecule has 16 heavy (non-hydrogen) atoms. The summed E-state index contributed by atoms with van der Waals surface area (Å²) in [4.78, 5) is 26.1. The van der Waals surface area contributed by atoms with Gasteiger partial charge in [-0.15, -0.1) is 11.6 Å². The molecule has 0 rings (SSSR count). The summed E-state index contributed by atoms with van der Waals surface area (Å²) in [5, 5.41) is 2.22. The molecule has 0 radical (unpaired) electrons. The van der Waals surface area contributed by atoms with E-state index in [1.54, 1.807) is 4.90 Å². The number of nitrogens with zero attached hydrogens (tertiary/aromatic N) is 2. The third-order valence-corrected chi connectivity index (χ3v) is 2.31. The zero-order valence-electron chi connectivity index (χ0n) is 10.1. The number of urea groups is 1. The summed E-state index contributed by atoms with van der Waals surface area (Å²) in [5.74, 6) is -0.654. The first-order valence-corrected chi connectivity index (χ1v) is 5.84. The Balaban J connectivity index is 3.97. The number of nitrogens with one attached hydrogen (secondary N) is 1. The van der Waals surface area contributed by atoms with E-state index in [-0.39, 0.29) is 11.9 Å². The molecule has 0 aliphatic rings. The molecule has 1 N–H and O–H groups in total. The third-order valence-electron chi connectivity index (χ3n) is 2.07. The highest BCUT2D eigenvalue weighted by atomic mass is 35.5. The van der Waals surface area contributed by atoms with E-state index in [0.29, 0.717) is 13.1 Å². The molecule has 0 aromatic carbocycles. The maximum Gasteiger partial charge on any atom is 0.324 e. The molecule has 0 aliphatic carbocycles. The zero-order valence-corrected chi connectivity index (χ0v) is 10.9. The van der Waals surface area contributed by atoms with Gasteiger partial charge in [0.25, 0.3) is 0 Å². The maximum atomic E-state index is 11.5. The van der Waals surface area contributed by atoms with Crippen molar-refractivity contribution in [3.05, 3.63) is 0 Å². The standard InChI is InChI=1S/C10H20ClN3O2/c1-4-14(7-5-6-13(2)3)10(16)12-9(15)8-11/h4-8H2,1-3H3,(H,12,15,16). The van der Waals surface area contributed by atoms with Crippen LogP contribution in [0.3, 0.4) is 0 Å². The van der Waals surface area contributed by atoms with Crippen LogP contribution >= 0.6 is 11.6 Å². The van der Waals surface area contributed by atoms with Gasteiger partial charge in [0.15, 0.2) is 0 Å². The fraction of sp³-hybridized carbons (Fsp3) is 0.800. The van der Waals surface area contributed by atoms with Crippen LogP contribution in [0.1, 0.15) is 13.3 Å². The lowest BCUT2D eigenvalue weighted by Crippen LogP contribution is -2.44. The van der Waals surface area contributed by atoms with E-state index >= 15 is 0 Å². The number of carbonyl (C=O) groups excluding carboxylic acids is 2. The van der Waals surface area contributed by atoms with Crippen LogP contribution in [0.15, 0.2) is 0 Å². The van der Waals surface area contributed by atoms with Gasteiger partial charge in [-0.3, -0.25) is 10.1 Å². The molecule has 0 aliphatic heterocycles. The highest BCUT2D eigenvalue weighted by molar-refractivity contribution is 6.28. The average molecular weight is 250 g/mol. The van der Waals surface area contributed by atoms with Crippen molar-refractivity contribution in [1.29, 1.82) is 0 Å². The first-order chi connectivity index (χ1) is 7.51. The molecule has 0 bridgehead atoms. The minimum Gasteiger partial charge on any atom is -0.325 e. The first kappa shape index (κ1) is 15.2. The van der Waals surface area contributed by atoms with E-state index in [1.807, 2.05) is 21.0 Å². The van der Waals surface area contributed by atoms with E-state index in [2.05, 4.69) is 10.2 Å². The van der Waals surface area contributed by atoms with Crippen molar-refractivity contribution in [2.45, 2.75) is 13.3 Å². The number of halogens is 1. The van der Waals surface area contributed by atoms with Gasteiger partial charge in [-0.2, -0.15) is 0 Å². The topological polar surface area (TPSA) is 52.6 Å². The summed E-state index contributed by atoms with van der Waals surface area (Å²) in [5.41, 5.74) is 0. The van der Waals surface area contributed by atoms with E-state index in [9.17, 15) is 9.59 Å². The predicted octanol–water partition coefficient (Wildman–Crippen LogP) is 0.735. The molecule has 94 valence electrons. The second kappa shape index (κ2) is 8.35. The number of carbonyl (C=O) groups is 2. The van der Waals surface area contributed by atoms with Crippen molar-refractivity contribution in [1.82, 2.24) is 15.1 Å². The van der Waals surface area contributed by atoms with Crippen LogP contribution in [0.4, 0.5) is 4.79 Å². The van der Waals surface area contributed by atoms with Crippen LogP contribution in [0.5, 0.6) is 0 Å². The van der Waals surface area contributed by atoms with E-state index in [0.717, 1.165) is 13.0 Å². The van der Waals surface area contributed by atoms with Crippen LogP contribution in [0, 0.1) is 0 Å². The van der Waals surface area contributed by atoms with Gasteiger partial charge in [-0.25, -0.2) is 4.79 Å². The van der Waals surface area contributed by atoms with Crippen molar-refractivity contribution in [3.63, 3.8) is 0 Å². The minimum absolute atomic E-state index is 0.193. The molecule has 0 fully saturated rings. The summed E-state index contributed by atoms with van der Waals surface area (Å²) in [6.45, 7) is 4.00.